The Balaban J connectivity index is 3.16. The van der Waals surface area contributed by atoms with E-state index in [1.807, 2.05) is 19.1 Å². The van der Waals surface area contributed by atoms with Gasteiger partial charge in [0, 0.05) is 0 Å². The molecule has 0 aliphatic carbocycles. The van der Waals surface area contributed by atoms with Crippen molar-refractivity contribution in [2.24, 2.45) is 0 Å². The molecule has 1 nitrogen and oxygen atoms in total. The minimum absolute atomic E-state index is 0.317. The zero-order valence-corrected chi connectivity index (χ0v) is 7.55. The average molecular weight is 154 g/mol. The van der Waals surface area contributed by atoms with E-state index >= 15 is 0 Å². The number of hydrogen-bond donors (Lipinski definition) is 0. The molecule has 0 aromatic heterocycles. The van der Waals surface area contributed by atoms with Gasteiger partial charge in [-0.25, -0.2) is 0 Å². The second-order valence-electron chi connectivity index (χ2n) is 2.56. The molecule has 0 aromatic carbocycles. The van der Waals surface area contributed by atoms with Crippen molar-refractivity contribution >= 4 is 0 Å². The summed E-state index contributed by atoms with van der Waals surface area (Å²) in [5, 5.41) is 0. The summed E-state index contributed by atoms with van der Waals surface area (Å²) in [6, 6.07) is 0. The molecule has 64 valence electrons. The molecule has 0 N–H and O–H groups in total. The Bertz CT molecular complexity index is 116. The van der Waals surface area contributed by atoms with Crippen LogP contribution in [0.4, 0.5) is 0 Å². The summed E-state index contributed by atoms with van der Waals surface area (Å²) in [5.41, 5.74) is 0. The van der Waals surface area contributed by atoms with E-state index in [9.17, 15) is 0 Å². The predicted octanol–water partition coefficient (Wildman–Crippen LogP) is 2.93. The topological polar surface area (TPSA) is 9.23 Å². The van der Waals surface area contributed by atoms with E-state index in [1.54, 1.807) is 0 Å². The Morgan fingerprint density at radius 3 is 2.82 bits per heavy atom. The molecule has 0 amide bonds. The summed E-state index contributed by atoms with van der Waals surface area (Å²) < 4.78 is 5.46. The molecule has 0 heterocycles. The first-order valence-corrected chi connectivity index (χ1v) is 4.15. The third kappa shape index (κ3) is 7.34. The van der Waals surface area contributed by atoms with Gasteiger partial charge in [-0.2, -0.15) is 0 Å². The molecule has 11 heavy (non-hydrogen) atoms. The van der Waals surface area contributed by atoms with Crippen LogP contribution in [-0.2, 0) is 4.74 Å². The first-order valence-electron chi connectivity index (χ1n) is 4.15. The van der Waals surface area contributed by atoms with Crippen LogP contribution >= 0.6 is 0 Å². The van der Waals surface area contributed by atoms with Gasteiger partial charge in [0.2, 0.25) is 0 Å². The Labute approximate surface area is 69.8 Å². The lowest BCUT2D eigenvalue weighted by Crippen LogP contribution is -2.07. The van der Waals surface area contributed by atoms with Gasteiger partial charge in [0.1, 0.15) is 0 Å². The van der Waals surface area contributed by atoms with Crippen LogP contribution < -0.4 is 0 Å². The largest absolute Gasteiger partial charge is 0.378 e. The molecule has 1 atom stereocenters. The summed E-state index contributed by atoms with van der Waals surface area (Å²) in [6.07, 6.45) is 8.31. The molecule has 0 rings (SSSR count). The van der Waals surface area contributed by atoms with Gasteiger partial charge in [0.15, 0.2) is 0 Å². The fourth-order valence-electron chi connectivity index (χ4n) is 0.807. The van der Waals surface area contributed by atoms with Gasteiger partial charge < -0.3 is 4.74 Å². The number of ether oxygens (including phenoxy) is 1. The van der Waals surface area contributed by atoms with Gasteiger partial charge in [0.05, 0.1) is 12.7 Å². The summed E-state index contributed by atoms with van der Waals surface area (Å²) in [6.45, 7) is 8.56. The van der Waals surface area contributed by atoms with Crippen LogP contribution in [0, 0.1) is 0 Å². The molecule has 0 fully saturated rings. The number of rotatable bonds is 6. The van der Waals surface area contributed by atoms with Gasteiger partial charge in [-0.1, -0.05) is 18.2 Å². The highest BCUT2D eigenvalue weighted by atomic mass is 16.5. The molecular weight excluding hydrogens is 136 g/mol. The molecule has 0 saturated heterocycles. The van der Waals surface area contributed by atoms with Gasteiger partial charge >= 0.3 is 0 Å². The van der Waals surface area contributed by atoms with E-state index < -0.39 is 0 Å². The molecule has 1 unspecified atom stereocenters. The highest BCUT2D eigenvalue weighted by molar-refractivity contribution is 4.76. The van der Waals surface area contributed by atoms with E-state index in [1.165, 1.54) is 0 Å². The van der Waals surface area contributed by atoms with Crippen LogP contribution in [0.2, 0.25) is 0 Å². The lowest BCUT2D eigenvalue weighted by atomic mass is 10.3. The second kappa shape index (κ2) is 7.55. The zero-order valence-electron chi connectivity index (χ0n) is 7.55. The molecule has 0 bridgehead atoms. The van der Waals surface area contributed by atoms with E-state index in [2.05, 4.69) is 19.6 Å². The Morgan fingerprint density at radius 1 is 1.55 bits per heavy atom. The van der Waals surface area contributed by atoms with Crippen LogP contribution in [0.5, 0.6) is 0 Å². The molecule has 0 saturated carbocycles. The predicted molar refractivity (Wildman–Crippen MR) is 49.7 cm³/mol. The maximum atomic E-state index is 5.46. The molecule has 0 aliphatic rings. The Morgan fingerprint density at radius 2 is 2.27 bits per heavy atom. The summed E-state index contributed by atoms with van der Waals surface area (Å²) in [4.78, 5) is 0. The maximum absolute atomic E-state index is 5.46. The molecule has 0 spiro atoms. The second-order valence-corrected chi connectivity index (χ2v) is 2.56. The minimum Gasteiger partial charge on any atom is -0.378 e. The van der Waals surface area contributed by atoms with Crippen LogP contribution in [0.25, 0.3) is 0 Å². The fourth-order valence-corrected chi connectivity index (χ4v) is 0.807. The average Bonchev–Trinajstić information content (AvgIpc) is 1.99. The fraction of sp³-hybridized carbons (Fsp3) is 0.600. The lowest BCUT2D eigenvalue weighted by molar-refractivity contribution is 0.0717. The van der Waals surface area contributed by atoms with Gasteiger partial charge in [0.25, 0.3) is 0 Å². The van der Waals surface area contributed by atoms with Crippen molar-refractivity contribution in [3.8, 4) is 0 Å². The molecular formula is C10H18O. The first-order chi connectivity index (χ1) is 5.31. The van der Waals surface area contributed by atoms with E-state index in [0.29, 0.717) is 6.10 Å². The van der Waals surface area contributed by atoms with Crippen LogP contribution in [-0.4, -0.2) is 12.7 Å². The van der Waals surface area contributed by atoms with Crippen molar-refractivity contribution in [3.05, 3.63) is 24.8 Å². The quantitative estimate of drug-likeness (QED) is 0.422. The molecule has 0 aliphatic heterocycles. The lowest BCUT2D eigenvalue weighted by Gasteiger charge is -2.08. The van der Waals surface area contributed by atoms with Crippen molar-refractivity contribution < 1.29 is 4.74 Å². The monoisotopic (exact) mass is 154 g/mol. The summed E-state index contributed by atoms with van der Waals surface area (Å²) >= 11 is 0. The maximum Gasteiger partial charge on any atom is 0.0581 e. The van der Waals surface area contributed by atoms with Gasteiger partial charge in [-0.3, -0.25) is 0 Å². The number of hydrogen-bond acceptors (Lipinski definition) is 1. The third-order valence-electron chi connectivity index (χ3n) is 1.42. The van der Waals surface area contributed by atoms with E-state index in [4.69, 9.17) is 4.74 Å². The SMILES string of the molecule is C=CCC(C)OCCC=CC. The number of allylic oxidation sites excluding steroid dienone is 1. The van der Waals surface area contributed by atoms with Crippen LogP contribution in [0.1, 0.15) is 26.7 Å². The van der Waals surface area contributed by atoms with E-state index in [-0.39, 0.29) is 0 Å². The molecule has 0 aromatic rings. The Kier molecular flexibility index (Phi) is 7.16. The van der Waals surface area contributed by atoms with Crippen LogP contribution in [0.3, 0.4) is 0 Å². The standard InChI is InChI=1S/C10H18O/c1-4-6-7-9-11-10(3)8-5-2/h4-6,10H,2,7-9H2,1,3H3. The molecule has 1 heteroatoms. The normalized spacial score (nSPS) is 13.6. The highest BCUT2D eigenvalue weighted by Gasteiger charge is 1.96. The van der Waals surface area contributed by atoms with Crippen LogP contribution in [0.15, 0.2) is 24.8 Å². The molecule has 0 radical (unpaired) electrons. The van der Waals surface area contributed by atoms with E-state index in [0.717, 1.165) is 19.4 Å². The smallest absolute Gasteiger partial charge is 0.0581 e. The van der Waals surface area contributed by atoms with Gasteiger partial charge in [-0.15, -0.1) is 6.58 Å². The Hall–Kier alpha value is -0.560. The van der Waals surface area contributed by atoms with Crippen molar-refractivity contribution in [2.75, 3.05) is 6.61 Å². The summed E-state index contributed by atoms with van der Waals surface area (Å²) in [7, 11) is 0. The van der Waals surface area contributed by atoms with Crippen molar-refractivity contribution in [3.63, 3.8) is 0 Å². The van der Waals surface area contributed by atoms with Crippen molar-refractivity contribution in [2.45, 2.75) is 32.8 Å². The highest BCUT2D eigenvalue weighted by Crippen LogP contribution is 1.98. The van der Waals surface area contributed by atoms with Crippen molar-refractivity contribution in [1.82, 2.24) is 0 Å². The summed E-state index contributed by atoms with van der Waals surface area (Å²) in [5.74, 6) is 0. The third-order valence-corrected chi connectivity index (χ3v) is 1.42. The van der Waals surface area contributed by atoms with Crippen molar-refractivity contribution in [1.29, 1.82) is 0 Å². The van der Waals surface area contributed by atoms with Gasteiger partial charge in [-0.05, 0) is 26.7 Å². The minimum atomic E-state index is 0.317. The first kappa shape index (κ1) is 10.4. The zero-order chi connectivity index (χ0) is 8.53.